The lowest BCUT2D eigenvalue weighted by Gasteiger charge is -2.15. The maximum Gasteiger partial charge on any atom is 0.315 e. The number of amides is 3. The van der Waals surface area contributed by atoms with E-state index in [4.69, 9.17) is 5.73 Å². The van der Waals surface area contributed by atoms with Crippen molar-refractivity contribution >= 4 is 11.9 Å². The molecule has 0 bridgehead atoms. The molecule has 0 unspecified atom stereocenters. The van der Waals surface area contributed by atoms with Crippen molar-refractivity contribution in [2.45, 2.75) is 13.0 Å². The molecule has 3 amide bonds. The fourth-order valence-corrected chi connectivity index (χ4v) is 2.80. The molecule has 0 saturated heterocycles. The molecule has 9 heteroatoms. The van der Waals surface area contributed by atoms with Gasteiger partial charge in [0.2, 0.25) is 5.91 Å². The lowest BCUT2D eigenvalue weighted by Crippen LogP contribution is -2.41. The third kappa shape index (κ3) is 5.61. The number of carbonyl (C=O) groups is 2. The van der Waals surface area contributed by atoms with Gasteiger partial charge in [0.05, 0.1) is 5.92 Å². The lowest BCUT2D eigenvalue weighted by atomic mass is 9.98. The molecular weight excluding hydrogens is 375 g/mol. The summed E-state index contributed by atoms with van der Waals surface area (Å²) in [5.74, 6) is -0.886. The maximum absolute atomic E-state index is 13.0. The Bertz CT molecular complexity index is 959. The van der Waals surface area contributed by atoms with Crippen molar-refractivity contribution < 1.29 is 14.0 Å². The lowest BCUT2D eigenvalue weighted by molar-refractivity contribution is -0.121. The number of pyridine rings is 1. The van der Waals surface area contributed by atoms with Gasteiger partial charge >= 0.3 is 6.03 Å². The average Bonchev–Trinajstić information content (AvgIpc) is 3.25. The van der Waals surface area contributed by atoms with Gasteiger partial charge in [0.1, 0.15) is 5.82 Å². The average molecular weight is 396 g/mol. The van der Waals surface area contributed by atoms with Crippen molar-refractivity contribution in [3.8, 4) is 5.82 Å². The van der Waals surface area contributed by atoms with Crippen molar-refractivity contribution in [3.05, 3.63) is 78.0 Å². The maximum atomic E-state index is 13.0. The molecule has 8 nitrogen and oxygen atoms in total. The van der Waals surface area contributed by atoms with E-state index in [0.29, 0.717) is 12.2 Å². The number of halogens is 1. The Morgan fingerprint density at radius 2 is 1.90 bits per heavy atom. The van der Waals surface area contributed by atoms with E-state index in [2.05, 4.69) is 20.7 Å². The van der Waals surface area contributed by atoms with Crippen LogP contribution in [0.25, 0.3) is 5.82 Å². The topological polar surface area (TPSA) is 115 Å². The van der Waals surface area contributed by atoms with Crippen molar-refractivity contribution in [1.29, 1.82) is 0 Å². The summed E-state index contributed by atoms with van der Waals surface area (Å²) in [6.45, 7) is 0.297. The summed E-state index contributed by atoms with van der Waals surface area (Å²) in [6, 6.07) is 10.8. The molecule has 1 atom stereocenters. The Hall–Kier alpha value is -3.75. The smallest absolute Gasteiger partial charge is 0.315 e. The highest BCUT2D eigenvalue weighted by Crippen LogP contribution is 2.11. The molecule has 29 heavy (non-hydrogen) atoms. The molecule has 2 heterocycles. The van der Waals surface area contributed by atoms with E-state index in [1.165, 1.54) is 12.1 Å². The number of benzene rings is 1. The van der Waals surface area contributed by atoms with E-state index >= 15 is 0 Å². The summed E-state index contributed by atoms with van der Waals surface area (Å²) in [7, 11) is 0. The molecule has 4 N–H and O–H groups in total. The second-order valence-electron chi connectivity index (χ2n) is 6.43. The van der Waals surface area contributed by atoms with Crippen molar-refractivity contribution in [2.75, 3.05) is 6.54 Å². The third-order valence-corrected chi connectivity index (χ3v) is 4.34. The third-order valence-electron chi connectivity index (χ3n) is 4.34. The largest absolute Gasteiger partial charge is 0.369 e. The summed E-state index contributed by atoms with van der Waals surface area (Å²) < 4.78 is 14.6. The van der Waals surface area contributed by atoms with Gasteiger partial charge in [0, 0.05) is 37.2 Å². The first-order chi connectivity index (χ1) is 14.0. The Morgan fingerprint density at radius 3 is 2.59 bits per heavy atom. The Kier molecular flexibility index (Phi) is 6.51. The van der Waals surface area contributed by atoms with Crippen molar-refractivity contribution in [1.82, 2.24) is 25.4 Å². The molecule has 150 valence electrons. The molecule has 2 aromatic heterocycles. The minimum Gasteiger partial charge on any atom is -0.369 e. The highest BCUT2D eigenvalue weighted by molar-refractivity contribution is 5.79. The molecule has 0 aliphatic heterocycles. The quantitative estimate of drug-likeness (QED) is 0.536. The summed E-state index contributed by atoms with van der Waals surface area (Å²) in [4.78, 5) is 28.2. The summed E-state index contributed by atoms with van der Waals surface area (Å²) in [5.41, 5.74) is 6.98. The molecule has 3 aromatic rings. The van der Waals surface area contributed by atoms with Gasteiger partial charge < -0.3 is 16.4 Å². The Balaban J connectivity index is 1.54. The van der Waals surface area contributed by atoms with Gasteiger partial charge in [0.25, 0.3) is 0 Å². The number of urea groups is 1. The second kappa shape index (κ2) is 9.45. The minimum absolute atomic E-state index is 0.0671. The van der Waals surface area contributed by atoms with Crippen LogP contribution in [0.5, 0.6) is 0 Å². The number of nitrogens with zero attached hydrogens (tertiary/aromatic N) is 3. The number of carbonyl (C=O) groups excluding carboxylic acids is 2. The highest BCUT2D eigenvalue weighted by atomic mass is 19.1. The predicted molar refractivity (Wildman–Crippen MR) is 104 cm³/mol. The number of primary amides is 1. The number of hydrogen-bond acceptors (Lipinski definition) is 4. The highest BCUT2D eigenvalue weighted by Gasteiger charge is 2.17. The van der Waals surface area contributed by atoms with Crippen LogP contribution in [-0.2, 0) is 17.8 Å². The molecule has 3 rings (SSSR count). The normalized spacial score (nSPS) is 11.6. The fourth-order valence-electron chi connectivity index (χ4n) is 2.80. The van der Waals surface area contributed by atoms with Gasteiger partial charge in [0.15, 0.2) is 5.82 Å². The van der Waals surface area contributed by atoms with E-state index in [1.54, 1.807) is 47.5 Å². The fraction of sp³-hybridized carbons (Fsp3) is 0.200. The molecule has 0 aliphatic carbocycles. The zero-order valence-corrected chi connectivity index (χ0v) is 15.6. The Labute approximate surface area is 166 Å². The van der Waals surface area contributed by atoms with E-state index in [1.807, 2.05) is 6.07 Å². The van der Waals surface area contributed by atoms with E-state index in [0.717, 1.165) is 11.1 Å². The standard InChI is InChI=1S/C20H21FN6O2/c21-17-6-4-14(5-7-17)11-16(18(22)28)13-25-20(29)24-12-15-3-1-8-23-19(15)27-10-2-9-26-27/h1-10,16H,11-13H2,(H2,22,28)(H2,24,25,29)/t16-/m1/s1. The number of nitrogens with one attached hydrogen (secondary N) is 2. The van der Waals surface area contributed by atoms with Crippen LogP contribution < -0.4 is 16.4 Å². The molecule has 0 spiro atoms. The van der Waals surface area contributed by atoms with Gasteiger partial charge in [-0.05, 0) is 36.2 Å². The van der Waals surface area contributed by atoms with Gasteiger partial charge in [-0.3, -0.25) is 4.79 Å². The van der Waals surface area contributed by atoms with Gasteiger partial charge in [-0.15, -0.1) is 0 Å². The van der Waals surface area contributed by atoms with Crippen molar-refractivity contribution in [3.63, 3.8) is 0 Å². The monoisotopic (exact) mass is 396 g/mol. The molecule has 1 aromatic carbocycles. The first-order valence-electron chi connectivity index (χ1n) is 9.02. The van der Waals surface area contributed by atoms with Crippen LogP contribution in [0.4, 0.5) is 9.18 Å². The van der Waals surface area contributed by atoms with Crippen LogP contribution in [0.15, 0.2) is 61.1 Å². The second-order valence-corrected chi connectivity index (χ2v) is 6.43. The summed E-state index contributed by atoms with van der Waals surface area (Å²) >= 11 is 0. The SMILES string of the molecule is NC(=O)[C@@H](CNC(=O)NCc1cccnc1-n1cccn1)Cc1ccc(F)cc1. The summed E-state index contributed by atoms with van der Waals surface area (Å²) in [6.07, 6.45) is 5.36. The van der Waals surface area contributed by atoms with Crippen molar-refractivity contribution in [2.24, 2.45) is 11.7 Å². The minimum atomic E-state index is -0.607. The zero-order valence-electron chi connectivity index (χ0n) is 15.6. The number of hydrogen-bond donors (Lipinski definition) is 3. The number of aromatic nitrogens is 3. The van der Waals surface area contributed by atoms with Crippen LogP contribution in [0.1, 0.15) is 11.1 Å². The van der Waals surface area contributed by atoms with Crippen LogP contribution >= 0.6 is 0 Å². The zero-order chi connectivity index (χ0) is 20.6. The first kappa shape index (κ1) is 20.0. The van der Waals surface area contributed by atoms with Gasteiger partial charge in [-0.2, -0.15) is 5.10 Å². The van der Waals surface area contributed by atoms with E-state index in [9.17, 15) is 14.0 Å². The van der Waals surface area contributed by atoms with Crippen LogP contribution in [-0.4, -0.2) is 33.2 Å². The molecule has 0 fully saturated rings. The van der Waals surface area contributed by atoms with Gasteiger partial charge in [-0.25, -0.2) is 18.9 Å². The van der Waals surface area contributed by atoms with Gasteiger partial charge in [-0.1, -0.05) is 18.2 Å². The van der Waals surface area contributed by atoms with E-state index in [-0.39, 0.29) is 18.9 Å². The van der Waals surface area contributed by atoms with E-state index < -0.39 is 17.9 Å². The number of rotatable bonds is 8. The Morgan fingerprint density at radius 1 is 1.10 bits per heavy atom. The molecule has 0 radical (unpaired) electrons. The molecule has 0 saturated carbocycles. The first-order valence-corrected chi connectivity index (χ1v) is 9.02. The van der Waals surface area contributed by atoms with Crippen LogP contribution in [0, 0.1) is 11.7 Å². The van der Waals surface area contributed by atoms with Crippen LogP contribution in [0.2, 0.25) is 0 Å². The van der Waals surface area contributed by atoms with Crippen LogP contribution in [0.3, 0.4) is 0 Å². The number of nitrogens with two attached hydrogens (primary N) is 1. The molecular formula is C20H21FN6O2. The predicted octanol–water partition coefficient (Wildman–Crippen LogP) is 1.55. The molecule has 0 aliphatic rings. The summed E-state index contributed by atoms with van der Waals surface area (Å²) in [5, 5.41) is 9.54.